The maximum absolute atomic E-state index is 4.60. The Bertz CT molecular complexity index is 489. The van der Waals surface area contributed by atoms with Gasteiger partial charge in [0.2, 0.25) is 0 Å². The SMILES string of the molecule is CC1SCCCC1NCc1nc2ccccc2[nH]1. The Labute approximate surface area is 112 Å². The molecule has 3 nitrogen and oxygen atoms in total. The van der Waals surface area contributed by atoms with E-state index in [2.05, 4.69) is 46.1 Å². The van der Waals surface area contributed by atoms with Gasteiger partial charge in [0.05, 0.1) is 17.6 Å². The number of aromatic nitrogens is 2. The minimum atomic E-state index is 0.622. The number of para-hydroxylation sites is 2. The number of benzene rings is 1. The highest BCUT2D eigenvalue weighted by molar-refractivity contribution is 7.99. The normalized spacial score (nSPS) is 24.5. The molecule has 3 rings (SSSR count). The fourth-order valence-corrected chi connectivity index (χ4v) is 3.68. The van der Waals surface area contributed by atoms with E-state index in [4.69, 9.17) is 0 Å². The number of imidazole rings is 1. The van der Waals surface area contributed by atoms with Gasteiger partial charge < -0.3 is 10.3 Å². The molecule has 0 aliphatic carbocycles. The molecule has 18 heavy (non-hydrogen) atoms. The van der Waals surface area contributed by atoms with Crippen LogP contribution in [0.15, 0.2) is 24.3 Å². The van der Waals surface area contributed by atoms with Crippen molar-refractivity contribution in [1.82, 2.24) is 15.3 Å². The molecule has 2 unspecified atom stereocenters. The molecular formula is C14H19N3S. The van der Waals surface area contributed by atoms with Crippen LogP contribution in [0.3, 0.4) is 0 Å². The van der Waals surface area contributed by atoms with Crippen LogP contribution in [0, 0.1) is 0 Å². The van der Waals surface area contributed by atoms with Gasteiger partial charge in [0, 0.05) is 11.3 Å². The van der Waals surface area contributed by atoms with Gasteiger partial charge in [-0.15, -0.1) is 0 Å². The van der Waals surface area contributed by atoms with Crippen molar-refractivity contribution in [3.63, 3.8) is 0 Å². The van der Waals surface area contributed by atoms with Gasteiger partial charge >= 0.3 is 0 Å². The van der Waals surface area contributed by atoms with E-state index in [0.29, 0.717) is 11.3 Å². The number of hydrogen-bond donors (Lipinski definition) is 2. The first-order valence-electron chi connectivity index (χ1n) is 6.61. The zero-order chi connectivity index (χ0) is 12.4. The molecule has 0 amide bonds. The topological polar surface area (TPSA) is 40.7 Å². The van der Waals surface area contributed by atoms with Crippen molar-refractivity contribution in [2.45, 2.75) is 37.6 Å². The average molecular weight is 261 g/mol. The Balaban J connectivity index is 1.65. The minimum absolute atomic E-state index is 0.622. The highest BCUT2D eigenvalue weighted by Crippen LogP contribution is 2.25. The monoisotopic (exact) mass is 261 g/mol. The molecular weight excluding hydrogens is 242 g/mol. The van der Waals surface area contributed by atoms with Gasteiger partial charge in [-0.25, -0.2) is 4.98 Å². The molecule has 2 atom stereocenters. The van der Waals surface area contributed by atoms with Crippen LogP contribution < -0.4 is 5.32 Å². The van der Waals surface area contributed by atoms with Gasteiger partial charge in [0.25, 0.3) is 0 Å². The fourth-order valence-electron chi connectivity index (χ4n) is 2.51. The number of fused-ring (bicyclic) bond motifs is 1. The number of nitrogens with zero attached hydrogens (tertiary/aromatic N) is 1. The third kappa shape index (κ3) is 2.54. The molecule has 2 N–H and O–H groups in total. The van der Waals surface area contributed by atoms with Crippen molar-refractivity contribution >= 4 is 22.8 Å². The Morgan fingerprint density at radius 1 is 1.44 bits per heavy atom. The molecule has 1 fully saturated rings. The number of aromatic amines is 1. The van der Waals surface area contributed by atoms with Crippen LogP contribution in [0.5, 0.6) is 0 Å². The molecule has 2 heterocycles. The van der Waals surface area contributed by atoms with E-state index < -0.39 is 0 Å². The van der Waals surface area contributed by atoms with Crippen molar-refractivity contribution in [3.8, 4) is 0 Å². The lowest BCUT2D eigenvalue weighted by Gasteiger charge is -2.28. The quantitative estimate of drug-likeness (QED) is 0.892. The van der Waals surface area contributed by atoms with E-state index in [1.165, 1.54) is 18.6 Å². The summed E-state index contributed by atoms with van der Waals surface area (Å²) in [6.45, 7) is 3.16. The van der Waals surface area contributed by atoms with E-state index >= 15 is 0 Å². The third-order valence-corrected chi connectivity index (χ3v) is 4.96. The molecule has 0 spiro atoms. The van der Waals surface area contributed by atoms with Gasteiger partial charge in [-0.3, -0.25) is 0 Å². The summed E-state index contributed by atoms with van der Waals surface area (Å²) >= 11 is 2.07. The molecule has 4 heteroatoms. The number of rotatable bonds is 3. The van der Waals surface area contributed by atoms with Crippen LogP contribution in [-0.4, -0.2) is 27.0 Å². The number of H-pyrrole nitrogens is 1. The Hall–Kier alpha value is -1.00. The highest BCUT2D eigenvalue weighted by Gasteiger charge is 2.21. The van der Waals surface area contributed by atoms with E-state index in [0.717, 1.165) is 23.4 Å². The first-order valence-corrected chi connectivity index (χ1v) is 7.66. The van der Waals surface area contributed by atoms with Crippen molar-refractivity contribution in [2.24, 2.45) is 0 Å². The zero-order valence-corrected chi connectivity index (χ0v) is 11.5. The molecule has 0 saturated carbocycles. The summed E-state index contributed by atoms with van der Waals surface area (Å²) in [6.07, 6.45) is 2.61. The summed E-state index contributed by atoms with van der Waals surface area (Å²) in [7, 11) is 0. The largest absolute Gasteiger partial charge is 0.341 e. The van der Waals surface area contributed by atoms with Gasteiger partial charge in [-0.05, 0) is 30.7 Å². The standard InChI is InChI=1S/C14H19N3S/c1-10-11(7-4-8-18-10)15-9-14-16-12-5-2-3-6-13(12)17-14/h2-3,5-6,10-11,15H,4,7-9H2,1H3,(H,16,17). The smallest absolute Gasteiger partial charge is 0.121 e. The maximum Gasteiger partial charge on any atom is 0.121 e. The predicted octanol–water partition coefficient (Wildman–Crippen LogP) is 2.94. The van der Waals surface area contributed by atoms with Gasteiger partial charge in [0.15, 0.2) is 0 Å². The van der Waals surface area contributed by atoms with E-state index in [9.17, 15) is 0 Å². The van der Waals surface area contributed by atoms with Crippen LogP contribution in [0.4, 0.5) is 0 Å². The molecule has 1 aromatic carbocycles. The van der Waals surface area contributed by atoms with Crippen molar-refractivity contribution in [1.29, 1.82) is 0 Å². The minimum Gasteiger partial charge on any atom is -0.341 e. The second-order valence-corrected chi connectivity index (χ2v) is 6.39. The van der Waals surface area contributed by atoms with E-state index in [1.807, 2.05) is 12.1 Å². The predicted molar refractivity (Wildman–Crippen MR) is 77.9 cm³/mol. The number of thioether (sulfide) groups is 1. The summed E-state index contributed by atoms with van der Waals surface area (Å²) in [5.74, 6) is 2.35. The summed E-state index contributed by atoms with van der Waals surface area (Å²) in [5.41, 5.74) is 2.18. The average Bonchev–Trinajstić information content (AvgIpc) is 2.80. The molecule has 0 radical (unpaired) electrons. The maximum atomic E-state index is 4.60. The lowest BCUT2D eigenvalue weighted by atomic mass is 10.1. The first-order chi connectivity index (χ1) is 8.83. The number of nitrogens with one attached hydrogen (secondary N) is 2. The van der Waals surface area contributed by atoms with E-state index in [1.54, 1.807) is 0 Å². The van der Waals surface area contributed by atoms with Crippen LogP contribution in [0.25, 0.3) is 11.0 Å². The lowest BCUT2D eigenvalue weighted by molar-refractivity contribution is 0.457. The summed E-state index contributed by atoms with van der Waals surface area (Å²) in [6, 6.07) is 8.81. The van der Waals surface area contributed by atoms with Crippen molar-refractivity contribution in [3.05, 3.63) is 30.1 Å². The second kappa shape index (κ2) is 5.33. The molecule has 1 saturated heterocycles. The number of hydrogen-bond acceptors (Lipinski definition) is 3. The molecule has 1 aromatic heterocycles. The zero-order valence-electron chi connectivity index (χ0n) is 10.6. The molecule has 0 bridgehead atoms. The summed E-state index contributed by atoms with van der Waals surface area (Å²) < 4.78 is 0. The summed E-state index contributed by atoms with van der Waals surface area (Å²) in [5, 5.41) is 4.35. The lowest BCUT2D eigenvalue weighted by Crippen LogP contribution is -2.39. The van der Waals surface area contributed by atoms with Crippen LogP contribution in [0.1, 0.15) is 25.6 Å². The van der Waals surface area contributed by atoms with Crippen molar-refractivity contribution in [2.75, 3.05) is 5.75 Å². The Morgan fingerprint density at radius 3 is 3.17 bits per heavy atom. The van der Waals surface area contributed by atoms with E-state index in [-0.39, 0.29) is 0 Å². The highest BCUT2D eigenvalue weighted by atomic mass is 32.2. The Morgan fingerprint density at radius 2 is 2.33 bits per heavy atom. The van der Waals surface area contributed by atoms with Crippen LogP contribution >= 0.6 is 11.8 Å². The Kier molecular flexibility index (Phi) is 3.57. The molecule has 1 aliphatic heterocycles. The third-order valence-electron chi connectivity index (χ3n) is 3.58. The molecule has 1 aliphatic rings. The van der Waals surface area contributed by atoms with Crippen molar-refractivity contribution < 1.29 is 0 Å². The summed E-state index contributed by atoms with van der Waals surface area (Å²) in [4.78, 5) is 7.97. The second-order valence-electron chi connectivity index (χ2n) is 4.91. The molecule has 2 aromatic rings. The van der Waals surface area contributed by atoms with Crippen LogP contribution in [0.2, 0.25) is 0 Å². The van der Waals surface area contributed by atoms with Gasteiger partial charge in [-0.1, -0.05) is 19.1 Å². The van der Waals surface area contributed by atoms with Gasteiger partial charge in [0.1, 0.15) is 5.82 Å². The first kappa shape index (κ1) is 12.1. The fraction of sp³-hybridized carbons (Fsp3) is 0.500. The molecule has 96 valence electrons. The van der Waals surface area contributed by atoms with Crippen LogP contribution in [-0.2, 0) is 6.54 Å². The van der Waals surface area contributed by atoms with Gasteiger partial charge in [-0.2, -0.15) is 11.8 Å².